The van der Waals surface area contributed by atoms with E-state index in [9.17, 15) is 9.50 Å². The summed E-state index contributed by atoms with van der Waals surface area (Å²) in [7, 11) is 0. The topological polar surface area (TPSA) is 52.9 Å². The highest BCUT2D eigenvalue weighted by Crippen LogP contribution is 2.19. The molecule has 0 saturated carbocycles. The molecular weight excluding hydrogens is 285 g/mol. The molecule has 2 atom stereocenters. The number of likely N-dealkylation sites (tertiary alicyclic amines) is 1. The highest BCUT2D eigenvalue weighted by Gasteiger charge is 2.21. The van der Waals surface area contributed by atoms with Crippen LogP contribution in [0, 0.1) is 11.7 Å². The van der Waals surface area contributed by atoms with E-state index in [0.717, 1.165) is 32.4 Å². The van der Waals surface area contributed by atoms with Gasteiger partial charge in [0, 0.05) is 25.3 Å². The van der Waals surface area contributed by atoms with Crippen LogP contribution in [0.5, 0.6) is 0 Å². The first-order valence-electron chi connectivity index (χ1n) is 8.01. The lowest BCUT2D eigenvalue weighted by Gasteiger charge is -2.33. The maximum Gasteiger partial charge on any atom is 0.128 e. The number of halogens is 1. The Balaban J connectivity index is 1.67. The maximum absolute atomic E-state index is 13.4. The number of ether oxygens (including phenoxy) is 1. The number of hydrogen-bond donors (Lipinski definition) is 2. The average Bonchev–Trinajstić information content (AvgIpc) is 2.50. The molecule has 5 heteroatoms. The largest absolute Gasteiger partial charge is 0.396 e. The number of nitrogens with zero attached hydrogens (tertiary/aromatic N) is 1. The number of benzene rings is 1. The molecule has 1 aromatic rings. The van der Waals surface area contributed by atoms with E-state index < -0.39 is 6.10 Å². The second-order valence-corrected chi connectivity index (χ2v) is 6.04. The van der Waals surface area contributed by atoms with Gasteiger partial charge in [0.05, 0.1) is 19.3 Å². The Hall–Kier alpha value is -1.01. The maximum atomic E-state index is 13.4. The van der Waals surface area contributed by atoms with Crippen LogP contribution in [0.1, 0.15) is 24.8 Å². The van der Waals surface area contributed by atoms with Crippen LogP contribution < -0.4 is 0 Å². The Bertz CT molecular complexity index is 442. The fourth-order valence-corrected chi connectivity index (χ4v) is 3.01. The van der Waals surface area contributed by atoms with Crippen LogP contribution in [-0.4, -0.2) is 54.1 Å². The smallest absolute Gasteiger partial charge is 0.128 e. The molecule has 0 bridgehead atoms. The van der Waals surface area contributed by atoms with Crippen LogP contribution in [0.2, 0.25) is 0 Å². The van der Waals surface area contributed by atoms with Crippen LogP contribution in [0.4, 0.5) is 4.39 Å². The van der Waals surface area contributed by atoms with Crippen molar-refractivity contribution < 1.29 is 19.3 Å². The van der Waals surface area contributed by atoms with Gasteiger partial charge in [-0.2, -0.15) is 0 Å². The monoisotopic (exact) mass is 311 g/mol. The molecule has 1 aliphatic rings. The summed E-state index contributed by atoms with van der Waals surface area (Å²) in [6.45, 7) is 3.08. The van der Waals surface area contributed by atoms with Gasteiger partial charge in [0.15, 0.2) is 0 Å². The van der Waals surface area contributed by atoms with Gasteiger partial charge in [-0.1, -0.05) is 18.2 Å². The molecule has 22 heavy (non-hydrogen) atoms. The molecule has 1 saturated heterocycles. The minimum Gasteiger partial charge on any atom is -0.396 e. The van der Waals surface area contributed by atoms with Crippen molar-refractivity contribution >= 4 is 0 Å². The first-order chi connectivity index (χ1) is 10.7. The summed E-state index contributed by atoms with van der Waals surface area (Å²) in [5.41, 5.74) is 0.510. The first kappa shape index (κ1) is 17.3. The summed E-state index contributed by atoms with van der Waals surface area (Å²) in [5, 5.41) is 19.1. The second kappa shape index (κ2) is 9.20. The molecule has 2 N–H and O–H groups in total. The van der Waals surface area contributed by atoms with E-state index in [1.54, 1.807) is 18.2 Å². The zero-order valence-electron chi connectivity index (χ0n) is 13.0. The van der Waals surface area contributed by atoms with Gasteiger partial charge in [-0.3, -0.25) is 0 Å². The third kappa shape index (κ3) is 5.65. The molecule has 1 fully saturated rings. The molecule has 1 heterocycles. The highest BCUT2D eigenvalue weighted by molar-refractivity contribution is 5.16. The van der Waals surface area contributed by atoms with Crippen molar-refractivity contribution in [3.8, 4) is 0 Å². The van der Waals surface area contributed by atoms with Crippen molar-refractivity contribution in [3.63, 3.8) is 0 Å². The van der Waals surface area contributed by atoms with Gasteiger partial charge in [0.2, 0.25) is 0 Å². The average molecular weight is 311 g/mol. The van der Waals surface area contributed by atoms with Gasteiger partial charge >= 0.3 is 0 Å². The predicted molar refractivity (Wildman–Crippen MR) is 82.9 cm³/mol. The molecule has 0 unspecified atom stereocenters. The minimum atomic E-state index is -0.570. The normalized spacial score (nSPS) is 21.0. The molecule has 124 valence electrons. The SMILES string of the molecule is OCC[C@@H]1CCCN(C[C@H](O)COCc2ccccc2F)C1. The van der Waals surface area contributed by atoms with Crippen molar-refractivity contribution in [2.75, 3.05) is 32.8 Å². The summed E-state index contributed by atoms with van der Waals surface area (Å²) in [6, 6.07) is 6.51. The molecule has 0 aliphatic carbocycles. The van der Waals surface area contributed by atoms with Gasteiger partial charge in [0.25, 0.3) is 0 Å². The second-order valence-electron chi connectivity index (χ2n) is 6.04. The van der Waals surface area contributed by atoms with Crippen LogP contribution in [0.3, 0.4) is 0 Å². The Labute approximate surface area is 131 Å². The minimum absolute atomic E-state index is 0.177. The molecule has 0 amide bonds. The van der Waals surface area contributed by atoms with Crippen molar-refractivity contribution in [1.29, 1.82) is 0 Å². The lowest BCUT2D eigenvalue weighted by molar-refractivity contribution is 0.00136. The molecule has 0 aromatic heterocycles. The van der Waals surface area contributed by atoms with E-state index in [0.29, 0.717) is 18.0 Å². The molecule has 1 aromatic carbocycles. The number of piperidine rings is 1. The summed E-state index contributed by atoms with van der Waals surface area (Å²) in [6.07, 6.45) is 2.51. The Morgan fingerprint density at radius 1 is 1.36 bits per heavy atom. The molecule has 4 nitrogen and oxygen atoms in total. The Kier molecular flexibility index (Phi) is 7.25. The van der Waals surface area contributed by atoms with Crippen LogP contribution in [-0.2, 0) is 11.3 Å². The summed E-state index contributed by atoms with van der Waals surface area (Å²) < 4.78 is 18.9. The van der Waals surface area contributed by atoms with Crippen molar-refractivity contribution in [2.45, 2.75) is 32.0 Å². The molecule has 2 rings (SSSR count). The predicted octanol–water partition coefficient (Wildman–Crippen LogP) is 1.80. The van der Waals surface area contributed by atoms with Gasteiger partial charge in [-0.25, -0.2) is 4.39 Å². The third-order valence-corrected chi connectivity index (χ3v) is 4.14. The van der Waals surface area contributed by atoms with E-state index in [4.69, 9.17) is 9.84 Å². The van der Waals surface area contributed by atoms with Gasteiger partial charge in [-0.15, -0.1) is 0 Å². The summed E-state index contributed by atoms with van der Waals surface area (Å²) in [5.74, 6) is 0.241. The zero-order chi connectivity index (χ0) is 15.8. The van der Waals surface area contributed by atoms with Crippen molar-refractivity contribution in [3.05, 3.63) is 35.6 Å². The highest BCUT2D eigenvalue weighted by atomic mass is 19.1. The van der Waals surface area contributed by atoms with Crippen LogP contribution >= 0.6 is 0 Å². The summed E-state index contributed by atoms with van der Waals surface area (Å²) in [4.78, 5) is 2.22. The fraction of sp³-hybridized carbons (Fsp3) is 0.647. The van der Waals surface area contributed by atoms with Gasteiger partial charge < -0.3 is 19.8 Å². The summed E-state index contributed by atoms with van der Waals surface area (Å²) >= 11 is 0. The quantitative estimate of drug-likeness (QED) is 0.769. The van der Waals surface area contributed by atoms with E-state index in [2.05, 4.69) is 4.90 Å². The van der Waals surface area contributed by atoms with E-state index in [1.807, 2.05) is 0 Å². The van der Waals surface area contributed by atoms with E-state index >= 15 is 0 Å². The molecular formula is C17H26FNO3. The van der Waals surface area contributed by atoms with Crippen LogP contribution in [0.25, 0.3) is 0 Å². The fourth-order valence-electron chi connectivity index (χ4n) is 3.01. The lowest BCUT2D eigenvalue weighted by Crippen LogP contribution is -2.41. The van der Waals surface area contributed by atoms with Crippen LogP contribution in [0.15, 0.2) is 24.3 Å². The Morgan fingerprint density at radius 2 is 2.18 bits per heavy atom. The number of hydrogen-bond acceptors (Lipinski definition) is 4. The number of aliphatic hydroxyl groups is 2. The molecule has 0 radical (unpaired) electrons. The number of β-amino-alcohol motifs (C(OH)–C–C–N with tert-alkyl or cyclic N) is 1. The molecule has 0 spiro atoms. The van der Waals surface area contributed by atoms with E-state index in [1.165, 1.54) is 6.07 Å². The van der Waals surface area contributed by atoms with Gasteiger partial charge in [-0.05, 0) is 37.8 Å². The number of rotatable bonds is 8. The van der Waals surface area contributed by atoms with Crippen molar-refractivity contribution in [1.82, 2.24) is 4.90 Å². The zero-order valence-corrected chi connectivity index (χ0v) is 13.0. The first-order valence-corrected chi connectivity index (χ1v) is 8.01. The Morgan fingerprint density at radius 3 is 2.95 bits per heavy atom. The molecule has 1 aliphatic heterocycles. The lowest BCUT2D eigenvalue weighted by atomic mass is 9.95. The number of aliphatic hydroxyl groups excluding tert-OH is 2. The van der Waals surface area contributed by atoms with Crippen molar-refractivity contribution in [2.24, 2.45) is 5.92 Å². The van der Waals surface area contributed by atoms with E-state index in [-0.39, 0.29) is 25.6 Å². The standard InChI is InChI=1S/C17H26FNO3/c18-17-6-2-1-5-15(17)12-22-13-16(21)11-19-8-3-4-14(10-19)7-9-20/h1-2,5-6,14,16,20-21H,3-4,7-13H2/t14-,16-/m0/s1. The third-order valence-electron chi connectivity index (χ3n) is 4.14. The van der Waals surface area contributed by atoms with Gasteiger partial charge in [0.1, 0.15) is 5.82 Å².